The standard InChI is InChI=1S/C25H30OSi2.2CH3.2ClH.Si.Zr/c1-27(2)25-23(16-17-26-28(3,4)5)20-12-8-9-13-21(20)24(25)22-15-14-18-10-6-7-11-19(18)22;;;;;;/h6-15,24H,16-17H2,1-5H3;2*1H3;2*1H;;/q3*-1;;;;. The maximum absolute atomic E-state index is 6.25. The van der Waals surface area contributed by atoms with Crippen molar-refractivity contribution in [2.45, 2.75) is 45.1 Å². The molecular weight excluding hydrogens is 587 g/mol. The summed E-state index contributed by atoms with van der Waals surface area (Å²) < 4.78 is 6.25. The SMILES string of the molecule is C[Si](C)C1=C(CCO[Si](C)(C)C)c2ccccc2C1[c-]1ccc2ccccc21.Cl.Cl.[CH3-].[CH3-].[Si]=[Zr]. The number of halogens is 2. The van der Waals surface area contributed by atoms with E-state index in [1.165, 1.54) is 50.8 Å². The van der Waals surface area contributed by atoms with E-state index in [9.17, 15) is 0 Å². The number of rotatable bonds is 6. The first-order valence-corrected chi connectivity index (χ1v) is 20.6. The van der Waals surface area contributed by atoms with Crippen molar-refractivity contribution in [3.63, 3.8) is 0 Å². The number of fused-ring (bicyclic) bond motifs is 2. The molecule has 0 N–H and O–H groups in total. The second kappa shape index (κ2) is 15.9. The normalized spacial score (nSPS) is 14.1. The number of hydrogen-bond donors (Lipinski definition) is 0. The molecule has 1 atom stereocenters. The van der Waals surface area contributed by atoms with Gasteiger partial charge in [-0.15, -0.1) is 65.4 Å². The van der Waals surface area contributed by atoms with E-state index in [1.54, 1.807) is 10.8 Å². The molecule has 1 nitrogen and oxygen atoms in total. The summed E-state index contributed by atoms with van der Waals surface area (Å²) in [6.45, 7) is 15.6. The third-order valence-electron chi connectivity index (χ3n) is 5.66. The summed E-state index contributed by atoms with van der Waals surface area (Å²) in [7, 11) is -2.09. The average molecular weight is 625 g/mol. The summed E-state index contributed by atoms with van der Waals surface area (Å²) in [4.78, 5) is 0. The van der Waals surface area contributed by atoms with Crippen LogP contribution in [0.3, 0.4) is 0 Å². The molecule has 0 spiro atoms. The van der Waals surface area contributed by atoms with Crippen molar-refractivity contribution in [2.24, 2.45) is 0 Å². The molecule has 0 amide bonds. The molecule has 1 unspecified atom stereocenters. The van der Waals surface area contributed by atoms with Crippen molar-refractivity contribution in [1.29, 1.82) is 0 Å². The summed E-state index contributed by atoms with van der Waals surface area (Å²) in [6.07, 6.45) is 1.03. The Morgan fingerprint density at radius 3 is 2.15 bits per heavy atom. The number of allylic oxidation sites excluding steroid dienone is 1. The quantitative estimate of drug-likeness (QED) is 0.198. The zero-order valence-electron chi connectivity index (χ0n) is 21.5. The molecule has 0 aliphatic heterocycles. The molecule has 0 saturated carbocycles. The van der Waals surface area contributed by atoms with Crippen molar-refractivity contribution in [2.75, 3.05) is 6.61 Å². The van der Waals surface area contributed by atoms with E-state index in [1.807, 2.05) is 0 Å². The van der Waals surface area contributed by atoms with Crippen molar-refractivity contribution >= 4 is 65.2 Å². The van der Waals surface area contributed by atoms with Crippen molar-refractivity contribution < 1.29 is 27.8 Å². The van der Waals surface area contributed by atoms with Crippen molar-refractivity contribution in [3.8, 4) is 0 Å². The van der Waals surface area contributed by atoms with Gasteiger partial charge in [0.1, 0.15) is 0 Å². The van der Waals surface area contributed by atoms with Crippen LogP contribution in [-0.2, 0) is 27.8 Å². The summed E-state index contributed by atoms with van der Waals surface area (Å²) >= 11 is 1.36. The van der Waals surface area contributed by atoms with Crippen molar-refractivity contribution in [1.82, 2.24) is 0 Å². The first-order chi connectivity index (χ1) is 14.4. The Bertz CT molecular complexity index is 1060. The molecule has 0 aromatic heterocycles. The molecule has 0 saturated heterocycles. The first kappa shape index (κ1) is 36.0. The van der Waals surface area contributed by atoms with Crippen LogP contribution in [0.5, 0.6) is 0 Å². The van der Waals surface area contributed by atoms with E-state index in [0.717, 1.165) is 13.0 Å². The van der Waals surface area contributed by atoms with Crippen LogP contribution in [-0.4, -0.2) is 30.6 Å². The topological polar surface area (TPSA) is 9.23 Å². The molecule has 3 radical (unpaired) electrons. The number of hydrogen-bond acceptors (Lipinski definition) is 1. The third kappa shape index (κ3) is 7.93. The molecule has 3 aromatic carbocycles. The van der Waals surface area contributed by atoms with Crippen molar-refractivity contribution in [3.05, 3.63) is 97.4 Å². The molecule has 1 aliphatic rings. The fourth-order valence-electron chi connectivity index (χ4n) is 4.57. The maximum atomic E-state index is 6.25. The van der Waals surface area contributed by atoms with Crippen LogP contribution < -0.4 is 0 Å². The Morgan fingerprint density at radius 1 is 0.941 bits per heavy atom. The van der Waals surface area contributed by atoms with Gasteiger partial charge in [-0.2, -0.15) is 6.07 Å². The van der Waals surface area contributed by atoms with Gasteiger partial charge in [0.2, 0.25) is 0 Å². The molecular formula is C27H38Cl2OSi3Zr-3. The Labute approximate surface area is 240 Å². The molecule has 34 heavy (non-hydrogen) atoms. The molecule has 185 valence electrons. The Kier molecular flexibility index (Phi) is 16.8. The zero-order valence-corrected chi connectivity index (χ0v) is 28.6. The fourth-order valence-corrected chi connectivity index (χ4v) is 7.03. The monoisotopic (exact) mass is 622 g/mol. The van der Waals surface area contributed by atoms with E-state index in [4.69, 9.17) is 4.43 Å². The van der Waals surface area contributed by atoms with Gasteiger partial charge in [-0.25, -0.2) is 0 Å². The Morgan fingerprint density at radius 2 is 1.53 bits per heavy atom. The van der Waals surface area contributed by atoms with E-state index >= 15 is 0 Å². The van der Waals surface area contributed by atoms with Gasteiger partial charge >= 0.3 is 30.2 Å². The van der Waals surface area contributed by atoms with Gasteiger partial charge in [-0.05, 0) is 48.7 Å². The van der Waals surface area contributed by atoms with Gasteiger partial charge in [0.25, 0.3) is 0 Å². The van der Waals surface area contributed by atoms with Crippen LogP contribution in [0.15, 0.2) is 65.9 Å². The summed E-state index contributed by atoms with van der Waals surface area (Å²) in [6, 6.07) is 22.5. The second-order valence-electron chi connectivity index (χ2n) is 9.00. The molecule has 4 rings (SSSR count). The molecule has 3 aromatic rings. The number of benzene rings is 2. The van der Waals surface area contributed by atoms with Gasteiger partial charge in [0.15, 0.2) is 8.32 Å². The van der Waals surface area contributed by atoms with Crippen LogP contribution in [0, 0.1) is 14.9 Å². The van der Waals surface area contributed by atoms with Gasteiger partial charge in [-0.3, -0.25) is 0 Å². The molecule has 0 fully saturated rings. The molecule has 7 heteroatoms. The second-order valence-corrected chi connectivity index (χ2v) is 16.1. The predicted molar refractivity (Wildman–Crippen MR) is 159 cm³/mol. The molecule has 0 heterocycles. The van der Waals surface area contributed by atoms with Gasteiger partial charge in [0, 0.05) is 6.61 Å². The van der Waals surface area contributed by atoms with E-state index in [-0.39, 0.29) is 39.7 Å². The summed E-state index contributed by atoms with van der Waals surface area (Å²) in [5.41, 5.74) is 5.98. The van der Waals surface area contributed by atoms with Crippen LogP contribution in [0.1, 0.15) is 29.0 Å². The van der Waals surface area contributed by atoms with Crippen LogP contribution in [0.4, 0.5) is 0 Å². The van der Waals surface area contributed by atoms with E-state index in [0.29, 0.717) is 5.92 Å². The Hall–Kier alpha value is -0.136. The van der Waals surface area contributed by atoms with Gasteiger partial charge in [-0.1, -0.05) is 48.6 Å². The van der Waals surface area contributed by atoms with E-state index < -0.39 is 17.1 Å². The van der Waals surface area contributed by atoms with E-state index in [2.05, 4.69) is 100 Å². The third-order valence-corrected chi connectivity index (χ3v) is 8.40. The fraction of sp³-hybridized carbons (Fsp3) is 0.296. The molecule has 1 aliphatic carbocycles. The zero-order chi connectivity index (χ0) is 21.9. The van der Waals surface area contributed by atoms with Gasteiger partial charge in [0.05, 0.1) is 8.80 Å². The van der Waals surface area contributed by atoms with Crippen LogP contribution in [0.2, 0.25) is 32.7 Å². The predicted octanol–water partition coefficient (Wildman–Crippen LogP) is 8.35. The minimum atomic E-state index is -1.49. The molecule has 0 bridgehead atoms. The minimum absolute atomic E-state index is 0. The van der Waals surface area contributed by atoms with Crippen LogP contribution >= 0.6 is 24.8 Å². The summed E-state index contributed by atoms with van der Waals surface area (Å²) in [5.74, 6) is 0.405. The summed E-state index contributed by atoms with van der Waals surface area (Å²) in [5, 5.41) is 4.44. The first-order valence-electron chi connectivity index (χ1n) is 10.5. The Balaban J connectivity index is 0. The van der Waals surface area contributed by atoms with Gasteiger partial charge < -0.3 is 19.3 Å². The van der Waals surface area contributed by atoms with Crippen LogP contribution in [0.25, 0.3) is 16.3 Å². The average Bonchev–Trinajstić information content (AvgIpc) is 3.28.